The van der Waals surface area contributed by atoms with Gasteiger partial charge in [0.05, 0.1) is 6.42 Å². The van der Waals surface area contributed by atoms with Crippen LogP contribution in [0.4, 0.5) is 5.69 Å². The third-order valence-corrected chi connectivity index (χ3v) is 2.96. The van der Waals surface area contributed by atoms with Gasteiger partial charge in [0.25, 0.3) is 0 Å². The molecule has 2 N–H and O–H groups in total. The van der Waals surface area contributed by atoms with Gasteiger partial charge in [-0.2, -0.15) is 0 Å². The van der Waals surface area contributed by atoms with E-state index in [1.54, 1.807) is 0 Å². The zero-order valence-corrected chi connectivity index (χ0v) is 8.99. The van der Waals surface area contributed by atoms with Crippen LogP contribution in [-0.2, 0) is 17.6 Å². The highest BCUT2D eigenvalue weighted by atomic mass is 16.2. The molecule has 1 aromatic carbocycles. The summed E-state index contributed by atoms with van der Waals surface area (Å²) in [6.45, 7) is 3.64. The van der Waals surface area contributed by atoms with Crippen LogP contribution >= 0.6 is 0 Å². The second kappa shape index (κ2) is 3.93. The molecule has 1 aliphatic rings. The number of fused-ring (bicyclic) bond motifs is 1. The summed E-state index contributed by atoms with van der Waals surface area (Å²) in [5, 5.41) is 0. The standard InChI is InChI=1S/C12H16N2O/c1-2-14-6-5-9-3-4-11(13)7-10(9)8-12(14)15/h3-4,7H,2,5-6,8,13H2,1H3. The van der Waals surface area contributed by atoms with Gasteiger partial charge in [-0.15, -0.1) is 0 Å². The molecule has 2 rings (SSSR count). The molecule has 0 aliphatic carbocycles. The van der Waals surface area contributed by atoms with Crippen molar-refractivity contribution < 1.29 is 4.79 Å². The molecule has 15 heavy (non-hydrogen) atoms. The van der Waals surface area contributed by atoms with E-state index in [0.717, 1.165) is 30.8 Å². The summed E-state index contributed by atoms with van der Waals surface area (Å²) < 4.78 is 0. The molecule has 0 fully saturated rings. The summed E-state index contributed by atoms with van der Waals surface area (Å²) >= 11 is 0. The molecule has 3 nitrogen and oxygen atoms in total. The molecule has 1 heterocycles. The van der Waals surface area contributed by atoms with Crippen molar-refractivity contribution in [2.24, 2.45) is 0 Å². The van der Waals surface area contributed by atoms with E-state index in [9.17, 15) is 4.79 Å². The fourth-order valence-electron chi connectivity index (χ4n) is 2.04. The van der Waals surface area contributed by atoms with E-state index in [1.807, 2.05) is 30.0 Å². The average molecular weight is 204 g/mol. The summed E-state index contributed by atoms with van der Waals surface area (Å²) in [5.74, 6) is 0.210. The Morgan fingerprint density at radius 3 is 2.93 bits per heavy atom. The van der Waals surface area contributed by atoms with Gasteiger partial charge in [0.15, 0.2) is 0 Å². The first-order chi connectivity index (χ1) is 7.20. The van der Waals surface area contributed by atoms with Crippen molar-refractivity contribution in [2.75, 3.05) is 18.8 Å². The maximum Gasteiger partial charge on any atom is 0.227 e. The van der Waals surface area contributed by atoms with Crippen LogP contribution in [0.2, 0.25) is 0 Å². The molecule has 0 radical (unpaired) electrons. The number of likely N-dealkylation sites (N-methyl/N-ethyl adjacent to an activating group) is 1. The van der Waals surface area contributed by atoms with E-state index in [4.69, 9.17) is 5.73 Å². The van der Waals surface area contributed by atoms with E-state index in [0.29, 0.717) is 6.42 Å². The number of amides is 1. The molecule has 0 saturated carbocycles. The summed E-state index contributed by atoms with van der Waals surface area (Å²) in [6, 6.07) is 5.87. The number of carbonyl (C=O) groups excluding carboxylic acids is 1. The number of carbonyl (C=O) groups is 1. The molecule has 1 aliphatic heterocycles. The van der Waals surface area contributed by atoms with Crippen molar-refractivity contribution in [1.29, 1.82) is 0 Å². The largest absolute Gasteiger partial charge is 0.399 e. The van der Waals surface area contributed by atoms with Crippen LogP contribution in [0.5, 0.6) is 0 Å². The highest BCUT2D eigenvalue weighted by molar-refractivity contribution is 5.80. The fraction of sp³-hybridized carbons (Fsp3) is 0.417. The molecule has 0 spiro atoms. The second-order valence-electron chi connectivity index (χ2n) is 3.93. The van der Waals surface area contributed by atoms with Crippen molar-refractivity contribution in [1.82, 2.24) is 4.90 Å². The fourth-order valence-corrected chi connectivity index (χ4v) is 2.04. The third-order valence-electron chi connectivity index (χ3n) is 2.96. The number of benzene rings is 1. The quantitative estimate of drug-likeness (QED) is 0.699. The molecule has 0 saturated heterocycles. The van der Waals surface area contributed by atoms with E-state index >= 15 is 0 Å². The molecule has 1 aromatic rings. The number of hydrogen-bond acceptors (Lipinski definition) is 2. The van der Waals surface area contributed by atoms with Gasteiger partial charge in [-0.3, -0.25) is 4.79 Å². The number of nitrogen functional groups attached to an aromatic ring is 1. The maximum atomic E-state index is 11.8. The Morgan fingerprint density at radius 1 is 1.40 bits per heavy atom. The second-order valence-corrected chi connectivity index (χ2v) is 3.93. The van der Waals surface area contributed by atoms with Gasteiger partial charge in [0.1, 0.15) is 0 Å². The summed E-state index contributed by atoms with van der Waals surface area (Å²) in [4.78, 5) is 13.7. The van der Waals surface area contributed by atoms with Gasteiger partial charge in [-0.25, -0.2) is 0 Å². The lowest BCUT2D eigenvalue weighted by Crippen LogP contribution is -2.31. The minimum absolute atomic E-state index is 0.210. The Labute approximate surface area is 89.9 Å². The van der Waals surface area contributed by atoms with Crippen LogP contribution in [0.15, 0.2) is 18.2 Å². The zero-order chi connectivity index (χ0) is 10.8. The topological polar surface area (TPSA) is 46.3 Å². The SMILES string of the molecule is CCN1CCc2ccc(N)cc2CC1=O. The van der Waals surface area contributed by atoms with Crippen molar-refractivity contribution in [3.8, 4) is 0 Å². The van der Waals surface area contributed by atoms with E-state index in [1.165, 1.54) is 5.56 Å². The van der Waals surface area contributed by atoms with Crippen molar-refractivity contribution in [3.05, 3.63) is 29.3 Å². The van der Waals surface area contributed by atoms with E-state index in [2.05, 4.69) is 0 Å². The summed E-state index contributed by atoms with van der Waals surface area (Å²) in [6.07, 6.45) is 1.43. The lowest BCUT2D eigenvalue weighted by Gasteiger charge is -2.17. The smallest absolute Gasteiger partial charge is 0.227 e. The van der Waals surface area contributed by atoms with Gasteiger partial charge in [0.2, 0.25) is 5.91 Å². The van der Waals surface area contributed by atoms with E-state index < -0.39 is 0 Å². The Hall–Kier alpha value is -1.51. The molecular formula is C12H16N2O. The Kier molecular flexibility index (Phi) is 2.62. The minimum Gasteiger partial charge on any atom is -0.399 e. The molecule has 80 valence electrons. The van der Waals surface area contributed by atoms with Crippen LogP contribution < -0.4 is 5.73 Å². The van der Waals surface area contributed by atoms with Crippen LogP contribution in [0, 0.1) is 0 Å². The molecule has 0 aromatic heterocycles. The van der Waals surface area contributed by atoms with E-state index in [-0.39, 0.29) is 5.91 Å². The summed E-state index contributed by atoms with van der Waals surface area (Å²) in [5.41, 5.74) is 8.81. The number of rotatable bonds is 1. The normalized spacial score (nSPS) is 16.1. The number of anilines is 1. The number of hydrogen-bond donors (Lipinski definition) is 1. The van der Waals surface area contributed by atoms with Gasteiger partial charge >= 0.3 is 0 Å². The predicted octanol–water partition coefficient (Wildman–Crippen LogP) is 1.22. The Bertz CT molecular complexity index is 387. The number of nitrogens with zero attached hydrogens (tertiary/aromatic N) is 1. The van der Waals surface area contributed by atoms with Crippen molar-refractivity contribution >= 4 is 11.6 Å². The molecule has 0 atom stereocenters. The van der Waals surface area contributed by atoms with Crippen molar-refractivity contribution in [3.63, 3.8) is 0 Å². The molecule has 1 amide bonds. The highest BCUT2D eigenvalue weighted by Crippen LogP contribution is 2.19. The van der Waals surface area contributed by atoms with Gasteiger partial charge in [-0.1, -0.05) is 6.07 Å². The third kappa shape index (κ3) is 1.96. The summed E-state index contributed by atoms with van der Waals surface area (Å²) in [7, 11) is 0. The Morgan fingerprint density at radius 2 is 2.20 bits per heavy atom. The van der Waals surface area contributed by atoms with Crippen LogP contribution in [0.3, 0.4) is 0 Å². The maximum absolute atomic E-state index is 11.8. The lowest BCUT2D eigenvalue weighted by molar-refractivity contribution is -0.129. The first-order valence-corrected chi connectivity index (χ1v) is 5.35. The van der Waals surface area contributed by atoms with Crippen LogP contribution in [0.1, 0.15) is 18.1 Å². The predicted molar refractivity (Wildman–Crippen MR) is 60.5 cm³/mol. The zero-order valence-electron chi connectivity index (χ0n) is 8.99. The molecule has 0 bridgehead atoms. The highest BCUT2D eigenvalue weighted by Gasteiger charge is 2.18. The monoisotopic (exact) mass is 204 g/mol. The van der Waals surface area contributed by atoms with Gasteiger partial charge in [-0.05, 0) is 36.6 Å². The molecule has 0 unspecified atom stereocenters. The van der Waals surface area contributed by atoms with Crippen LogP contribution in [-0.4, -0.2) is 23.9 Å². The Balaban J connectivity index is 2.31. The lowest BCUT2D eigenvalue weighted by atomic mass is 10.0. The van der Waals surface area contributed by atoms with Gasteiger partial charge in [0, 0.05) is 18.8 Å². The first-order valence-electron chi connectivity index (χ1n) is 5.35. The number of nitrogens with two attached hydrogens (primary N) is 1. The molecular weight excluding hydrogens is 188 g/mol. The van der Waals surface area contributed by atoms with Crippen LogP contribution in [0.25, 0.3) is 0 Å². The average Bonchev–Trinajstić information content (AvgIpc) is 2.35. The minimum atomic E-state index is 0.210. The van der Waals surface area contributed by atoms with Crippen molar-refractivity contribution in [2.45, 2.75) is 19.8 Å². The van der Waals surface area contributed by atoms with Gasteiger partial charge < -0.3 is 10.6 Å². The first kappa shape index (κ1) is 10.0. The molecule has 3 heteroatoms.